The molecule has 1 aliphatic carbocycles. The Hall–Kier alpha value is -1.74. The van der Waals surface area contributed by atoms with Crippen LogP contribution in [0.25, 0.3) is 0 Å². The van der Waals surface area contributed by atoms with E-state index >= 15 is 0 Å². The molecule has 1 saturated carbocycles. The molecular formula is C26H42N4O4. The van der Waals surface area contributed by atoms with Crippen LogP contribution in [-0.2, 0) is 20.7 Å². The molecule has 4 heterocycles. The average Bonchev–Trinajstić information content (AvgIpc) is 3.39. The van der Waals surface area contributed by atoms with E-state index in [1.165, 1.54) is 50.0 Å². The summed E-state index contributed by atoms with van der Waals surface area (Å²) in [6, 6.07) is 2.77. The lowest BCUT2D eigenvalue weighted by molar-refractivity contribution is -0.119. The van der Waals surface area contributed by atoms with Crippen LogP contribution in [0.3, 0.4) is 0 Å². The quantitative estimate of drug-likeness (QED) is 0.604. The number of nitrogens with zero attached hydrogens (tertiary/aromatic N) is 3. The lowest BCUT2D eigenvalue weighted by Crippen LogP contribution is -2.47. The number of carbonyl (C=O) groups is 1. The molecule has 1 aromatic rings. The van der Waals surface area contributed by atoms with Gasteiger partial charge in [0.15, 0.2) is 0 Å². The third-order valence-electron chi connectivity index (χ3n) is 7.62. The maximum Gasteiger partial charge on any atom is 0.135 e. The van der Waals surface area contributed by atoms with Gasteiger partial charge in [0.1, 0.15) is 17.9 Å². The minimum absolute atomic E-state index is 0.0104. The predicted molar refractivity (Wildman–Crippen MR) is 133 cm³/mol. The van der Waals surface area contributed by atoms with E-state index in [9.17, 15) is 4.79 Å². The van der Waals surface area contributed by atoms with Gasteiger partial charge in [0.25, 0.3) is 0 Å². The van der Waals surface area contributed by atoms with Gasteiger partial charge < -0.3 is 29.2 Å². The summed E-state index contributed by atoms with van der Waals surface area (Å²) in [4.78, 5) is 19.7. The van der Waals surface area contributed by atoms with Crippen molar-refractivity contribution in [3.05, 3.63) is 17.8 Å². The van der Waals surface area contributed by atoms with Gasteiger partial charge in [-0.1, -0.05) is 0 Å². The molecule has 0 amide bonds. The predicted octanol–water partition coefficient (Wildman–Crippen LogP) is 2.30. The number of aldehydes is 1. The highest BCUT2D eigenvalue weighted by Crippen LogP contribution is 2.32. The Balaban J connectivity index is 0.000000257. The third kappa shape index (κ3) is 7.13. The minimum atomic E-state index is 0.0104. The zero-order chi connectivity index (χ0) is 23.6. The molecule has 0 radical (unpaired) electrons. The normalized spacial score (nSPS) is 27.3. The fraction of sp³-hybridized carbons (Fsp3) is 0.769. The molecule has 8 heteroatoms. The van der Waals surface area contributed by atoms with Gasteiger partial charge in [-0.3, -0.25) is 4.90 Å². The zero-order valence-electron chi connectivity index (χ0n) is 20.8. The van der Waals surface area contributed by atoms with Crippen molar-refractivity contribution >= 4 is 12.1 Å². The van der Waals surface area contributed by atoms with Crippen LogP contribution in [0.4, 0.5) is 5.82 Å². The van der Waals surface area contributed by atoms with E-state index in [1.807, 2.05) is 12.3 Å². The first-order valence-electron chi connectivity index (χ1n) is 13.1. The zero-order valence-corrected chi connectivity index (χ0v) is 20.8. The fourth-order valence-corrected chi connectivity index (χ4v) is 5.44. The maximum absolute atomic E-state index is 9.94. The Kier molecular flexibility index (Phi) is 9.98. The molecule has 0 bridgehead atoms. The van der Waals surface area contributed by atoms with Crippen molar-refractivity contribution in [2.75, 3.05) is 71.1 Å². The second-order valence-corrected chi connectivity index (χ2v) is 9.80. The molecule has 3 fully saturated rings. The Morgan fingerprint density at radius 2 is 1.94 bits per heavy atom. The van der Waals surface area contributed by atoms with Crippen molar-refractivity contribution < 1.29 is 19.0 Å². The number of pyridine rings is 1. The summed E-state index contributed by atoms with van der Waals surface area (Å²) in [5.41, 5.74) is 1.32. The monoisotopic (exact) mass is 474 g/mol. The summed E-state index contributed by atoms with van der Waals surface area (Å²) in [6.07, 6.45) is 11.2. The molecule has 2 saturated heterocycles. The molecule has 0 spiro atoms. The molecular weight excluding hydrogens is 432 g/mol. The van der Waals surface area contributed by atoms with Gasteiger partial charge >= 0.3 is 0 Å². The number of aromatic nitrogens is 1. The lowest BCUT2D eigenvalue weighted by Gasteiger charge is -2.37. The minimum Gasteiger partial charge on any atom is -0.493 e. The Morgan fingerprint density at radius 1 is 1.12 bits per heavy atom. The summed E-state index contributed by atoms with van der Waals surface area (Å²) in [5.74, 6) is 3.16. The van der Waals surface area contributed by atoms with Crippen LogP contribution in [0.2, 0.25) is 0 Å². The van der Waals surface area contributed by atoms with E-state index in [0.29, 0.717) is 26.2 Å². The molecule has 5 rings (SSSR count). The summed E-state index contributed by atoms with van der Waals surface area (Å²) in [6.45, 7) is 8.45. The van der Waals surface area contributed by atoms with Crippen molar-refractivity contribution in [2.45, 2.75) is 57.1 Å². The van der Waals surface area contributed by atoms with Crippen LogP contribution >= 0.6 is 0 Å². The van der Waals surface area contributed by atoms with Gasteiger partial charge in [-0.2, -0.15) is 0 Å². The maximum atomic E-state index is 9.94. The van der Waals surface area contributed by atoms with Gasteiger partial charge in [0, 0.05) is 56.8 Å². The topological polar surface area (TPSA) is 76.2 Å². The lowest BCUT2D eigenvalue weighted by atomic mass is 9.84. The number of hydrogen-bond donors (Lipinski definition) is 1. The van der Waals surface area contributed by atoms with E-state index in [0.717, 1.165) is 63.2 Å². The Labute approximate surface area is 204 Å². The highest BCUT2D eigenvalue weighted by atomic mass is 16.6. The van der Waals surface area contributed by atoms with Crippen LogP contribution in [0.15, 0.2) is 12.3 Å². The number of hydrogen-bond acceptors (Lipinski definition) is 8. The summed E-state index contributed by atoms with van der Waals surface area (Å²) >= 11 is 0. The standard InChI is InChI=1S/C20H32N4O.C6H10O3/c1-21-17-4-2-16(3-5-17)7-10-23-11-13-24(14-12-23)20-18-8-15-25-19(18)6-9-22-20;7-2-1-6-5-8-3-4-9-6/h6,9,16-17,21H,2-5,7-8,10-15H2,1H3;2,6H,1,3-5H2. The van der Waals surface area contributed by atoms with Gasteiger partial charge in [0.2, 0.25) is 0 Å². The smallest absolute Gasteiger partial charge is 0.135 e. The molecule has 0 aromatic carbocycles. The van der Waals surface area contributed by atoms with Crippen LogP contribution in [0.1, 0.15) is 44.1 Å². The fourth-order valence-electron chi connectivity index (χ4n) is 5.44. The molecule has 4 aliphatic rings. The van der Waals surface area contributed by atoms with E-state index in [2.05, 4.69) is 27.1 Å². The van der Waals surface area contributed by atoms with E-state index in [1.54, 1.807) is 0 Å². The first-order valence-corrected chi connectivity index (χ1v) is 13.1. The first-order chi connectivity index (χ1) is 16.8. The molecule has 34 heavy (non-hydrogen) atoms. The second-order valence-electron chi connectivity index (χ2n) is 9.80. The van der Waals surface area contributed by atoms with E-state index in [-0.39, 0.29) is 6.10 Å². The van der Waals surface area contributed by atoms with Crippen molar-refractivity contribution in [1.82, 2.24) is 15.2 Å². The SMILES string of the molecule is CNC1CCC(CCN2CCN(c3nccc4c3CCO4)CC2)CC1.O=CCC1COCCO1. The summed E-state index contributed by atoms with van der Waals surface area (Å²) in [7, 11) is 2.10. The largest absolute Gasteiger partial charge is 0.493 e. The highest BCUT2D eigenvalue weighted by molar-refractivity contribution is 5.55. The van der Waals surface area contributed by atoms with Crippen molar-refractivity contribution in [3.8, 4) is 5.75 Å². The average molecular weight is 475 g/mol. The van der Waals surface area contributed by atoms with Crippen molar-refractivity contribution in [3.63, 3.8) is 0 Å². The van der Waals surface area contributed by atoms with Crippen LogP contribution < -0.4 is 15.0 Å². The summed E-state index contributed by atoms with van der Waals surface area (Å²) in [5, 5.41) is 3.44. The number of carbonyl (C=O) groups excluding carboxylic acids is 1. The Bertz CT molecular complexity index is 742. The number of ether oxygens (including phenoxy) is 3. The van der Waals surface area contributed by atoms with Gasteiger partial charge in [-0.15, -0.1) is 0 Å². The number of rotatable bonds is 7. The molecule has 190 valence electrons. The number of piperazine rings is 1. The van der Waals surface area contributed by atoms with Crippen LogP contribution in [-0.4, -0.2) is 94.5 Å². The number of fused-ring (bicyclic) bond motifs is 1. The van der Waals surface area contributed by atoms with E-state index < -0.39 is 0 Å². The first kappa shape index (κ1) is 25.4. The van der Waals surface area contributed by atoms with E-state index in [4.69, 9.17) is 14.2 Å². The Morgan fingerprint density at radius 3 is 2.65 bits per heavy atom. The number of nitrogens with one attached hydrogen (secondary N) is 1. The van der Waals surface area contributed by atoms with Gasteiger partial charge in [0.05, 0.1) is 32.5 Å². The molecule has 3 aliphatic heterocycles. The van der Waals surface area contributed by atoms with Gasteiger partial charge in [-0.25, -0.2) is 4.98 Å². The molecule has 1 N–H and O–H groups in total. The van der Waals surface area contributed by atoms with Crippen molar-refractivity contribution in [2.24, 2.45) is 5.92 Å². The van der Waals surface area contributed by atoms with Gasteiger partial charge in [-0.05, 0) is 57.7 Å². The number of anilines is 1. The highest BCUT2D eigenvalue weighted by Gasteiger charge is 2.25. The molecule has 8 nitrogen and oxygen atoms in total. The molecule has 1 aromatic heterocycles. The van der Waals surface area contributed by atoms with Crippen LogP contribution in [0, 0.1) is 5.92 Å². The van der Waals surface area contributed by atoms with Crippen molar-refractivity contribution in [1.29, 1.82) is 0 Å². The van der Waals surface area contributed by atoms with Crippen LogP contribution in [0.5, 0.6) is 5.75 Å². The third-order valence-corrected chi connectivity index (χ3v) is 7.62. The molecule has 1 unspecified atom stereocenters. The second kappa shape index (κ2) is 13.4. The molecule has 1 atom stereocenters. The summed E-state index contributed by atoms with van der Waals surface area (Å²) < 4.78 is 15.9.